The molecule has 1 N–H and O–H groups in total. The SMILES string of the molecule is Cn1c(SCC(=O)NCC2Cc3ccccc3O2)nnc1-c1cccnc1. The van der Waals surface area contributed by atoms with Crippen LogP contribution in [0.1, 0.15) is 5.56 Å². The molecule has 0 fully saturated rings. The highest BCUT2D eigenvalue weighted by Crippen LogP contribution is 2.27. The molecule has 3 aromatic rings. The van der Waals surface area contributed by atoms with Gasteiger partial charge in [-0.15, -0.1) is 10.2 Å². The number of fused-ring (bicyclic) bond motifs is 1. The first kappa shape index (κ1) is 17.5. The molecule has 1 atom stereocenters. The molecule has 0 saturated heterocycles. The molecule has 8 heteroatoms. The maximum absolute atomic E-state index is 12.2. The first-order chi connectivity index (χ1) is 13.2. The Morgan fingerprint density at radius 2 is 2.19 bits per heavy atom. The van der Waals surface area contributed by atoms with Crippen molar-refractivity contribution in [2.24, 2.45) is 7.05 Å². The van der Waals surface area contributed by atoms with E-state index in [-0.39, 0.29) is 17.8 Å². The highest BCUT2D eigenvalue weighted by molar-refractivity contribution is 7.99. The van der Waals surface area contributed by atoms with E-state index in [0.717, 1.165) is 23.6 Å². The predicted octanol–water partition coefficient (Wildman–Crippen LogP) is 2.09. The molecule has 4 rings (SSSR count). The lowest BCUT2D eigenvalue weighted by Crippen LogP contribution is -2.35. The average Bonchev–Trinajstić information content (AvgIpc) is 3.28. The van der Waals surface area contributed by atoms with Gasteiger partial charge in [-0.2, -0.15) is 0 Å². The van der Waals surface area contributed by atoms with Gasteiger partial charge in [-0.3, -0.25) is 9.78 Å². The number of aromatic nitrogens is 4. The summed E-state index contributed by atoms with van der Waals surface area (Å²) in [5.41, 5.74) is 2.08. The smallest absolute Gasteiger partial charge is 0.230 e. The standard InChI is InChI=1S/C19H19N5O2S/c1-24-18(14-6-4-8-20-10-14)22-23-19(24)27-12-17(25)21-11-15-9-13-5-2-3-7-16(13)26-15/h2-8,10,15H,9,11-12H2,1H3,(H,21,25). The Morgan fingerprint density at radius 3 is 3.00 bits per heavy atom. The fraction of sp³-hybridized carbons (Fsp3) is 0.263. The van der Waals surface area contributed by atoms with Crippen molar-refractivity contribution in [2.75, 3.05) is 12.3 Å². The van der Waals surface area contributed by atoms with Crippen molar-refractivity contribution in [3.05, 3.63) is 54.4 Å². The van der Waals surface area contributed by atoms with Gasteiger partial charge < -0.3 is 14.6 Å². The molecule has 1 aliphatic rings. The Bertz CT molecular complexity index is 919. The molecular weight excluding hydrogens is 362 g/mol. The molecule has 0 spiro atoms. The van der Waals surface area contributed by atoms with E-state index in [2.05, 4.69) is 26.6 Å². The Hall–Kier alpha value is -2.87. The summed E-state index contributed by atoms with van der Waals surface area (Å²) in [5, 5.41) is 12.0. The minimum absolute atomic E-state index is 0.0108. The van der Waals surface area contributed by atoms with Crippen molar-refractivity contribution in [1.29, 1.82) is 0 Å². The fourth-order valence-electron chi connectivity index (χ4n) is 2.96. The van der Waals surface area contributed by atoms with E-state index < -0.39 is 0 Å². The van der Waals surface area contributed by atoms with Crippen LogP contribution in [-0.4, -0.2) is 44.1 Å². The highest BCUT2D eigenvalue weighted by Gasteiger charge is 2.22. The number of carbonyl (C=O) groups excluding carboxylic acids is 1. The second-order valence-electron chi connectivity index (χ2n) is 6.25. The molecule has 1 unspecified atom stereocenters. The maximum atomic E-state index is 12.2. The van der Waals surface area contributed by atoms with Crippen molar-refractivity contribution in [2.45, 2.75) is 17.7 Å². The molecule has 0 aliphatic carbocycles. The van der Waals surface area contributed by atoms with Crippen molar-refractivity contribution in [1.82, 2.24) is 25.1 Å². The van der Waals surface area contributed by atoms with Crippen LogP contribution in [0, 0.1) is 0 Å². The van der Waals surface area contributed by atoms with Crippen LogP contribution in [-0.2, 0) is 18.3 Å². The zero-order valence-electron chi connectivity index (χ0n) is 14.8. The topological polar surface area (TPSA) is 81.9 Å². The van der Waals surface area contributed by atoms with Crippen LogP contribution in [0.4, 0.5) is 0 Å². The van der Waals surface area contributed by atoms with E-state index in [0.29, 0.717) is 11.7 Å². The van der Waals surface area contributed by atoms with Gasteiger partial charge in [-0.25, -0.2) is 0 Å². The van der Waals surface area contributed by atoms with Crippen molar-refractivity contribution in [3.8, 4) is 17.1 Å². The monoisotopic (exact) mass is 381 g/mol. The molecule has 0 radical (unpaired) electrons. The van der Waals surface area contributed by atoms with E-state index in [1.54, 1.807) is 12.4 Å². The lowest BCUT2D eigenvalue weighted by atomic mass is 10.1. The van der Waals surface area contributed by atoms with Gasteiger partial charge in [-0.1, -0.05) is 30.0 Å². The maximum Gasteiger partial charge on any atom is 0.230 e. The van der Waals surface area contributed by atoms with Gasteiger partial charge in [0.15, 0.2) is 11.0 Å². The van der Waals surface area contributed by atoms with Crippen LogP contribution < -0.4 is 10.1 Å². The van der Waals surface area contributed by atoms with Gasteiger partial charge in [0.1, 0.15) is 11.9 Å². The number of rotatable bonds is 6. The molecule has 7 nitrogen and oxygen atoms in total. The zero-order valence-corrected chi connectivity index (χ0v) is 15.6. The number of hydrogen-bond acceptors (Lipinski definition) is 6. The minimum Gasteiger partial charge on any atom is -0.488 e. The molecule has 0 saturated carbocycles. The number of hydrogen-bond donors (Lipinski definition) is 1. The summed E-state index contributed by atoms with van der Waals surface area (Å²) in [7, 11) is 1.88. The summed E-state index contributed by atoms with van der Waals surface area (Å²) >= 11 is 1.36. The van der Waals surface area contributed by atoms with Crippen LogP contribution >= 0.6 is 11.8 Å². The number of pyridine rings is 1. The third-order valence-electron chi connectivity index (χ3n) is 4.33. The van der Waals surface area contributed by atoms with E-state index in [1.807, 2.05) is 41.9 Å². The summed E-state index contributed by atoms with van der Waals surface area (Å²) < 4.78 is 7.70. The lowest BCUT2D eigenvalue weighted by Gasteiger charge is -2.11. The molecule has 138 valence electrons. The van der Waals surface area contributed by atoms with Crippen LogP contribution in [0.25, 0.3) is 11.4 Å². The second-order valence-corrected chi connectivity index (χ2v) is 7.19. The molecule has 3 heterocycles. The summed E-state index contributed by atoms with van der Waals surface area (Å²) in [6.45, 7) is 0.494. The van der Waals surface area contributed by atoms with E-state index >= 15 is 0 Å². The summed E-state index contributed by atoms with van der Waals surface area (Å²) in [4.78, 5) is 16.3. The van der Waals surface area contributed by atoms with Gasteiger partial charge >= 0.3 is 0 Å². The number of ether oxygens (including phenoxy) is 1. The third-order valence-corrected chi connectivity index (χ3v) is 5.35. The van der Waals surface area contributed by atoms with E-state index in [4.69, 9.17) is 4.74 Å². The number of benzene rings is 1. The summed E-state index contributed by atoms with van der Waals surface area (Å²) in [5.74, 6) is 1.86. The van der Waals surface area contributed by atoms with Gasteiger partial charge in [0.25, 0.3) is 0 Å². The van der Waals surface area contributed by atoms with Crippen molar-refractivity contribution >= 4 is 17.7 Å². The molecule has 1 amide bonds. The van der Waals surface area contributed by atoms with Gasteiger partial charge in [0.05, 0.1) is 12.3 Å². The second kappa shape index (κ2) is 7.79. The molecular formula is C19H19N5O2S. The molecule has 1 aromatic carbocycles. The molecule has 27 heavy (non-hydrogen) atoms. The number of nitrogens with zero attached hydrogens (tertiary/aromatic N) is 4. The average molecular weight is 381 g/mol. The molecule has 2 aromatic heterocycles. The Morgan fingerprint density at radius 1 is 1.30 bits per heavy atom. The summed E-state index contributed by atoms with van der Waals surface area (Å²) in [6, 6.07) is 11.8. The number of thioether (sulfide) groups is 1. The normalized spacial score (nSPS) is 15.2. The van der Waals surface area contributed by atoms with Crippen LogP contribution in [0.5, 0.6) is 5.75 Å². The Labute approximate surface area is 161 Å². The largest absolute Gasteiger partial charge is 0.488 e. The van der Waals surface area contributed by atoms with Gasteiger partial charge in [-0.05, 0) is 23.8 Å². The number of amides is 1. The minimum atomic E-state index is -0.0505. The predicted molar refractivity (Wildman–Crippen MR) is 103 cm³/mol. The Kier molecular flexibility index (Phi) is 5.06. The van der Waals surface area contributed by atoms with E-state index in [1.165, 1.54) is 17.3 Å². The van der Waals surface area contributed by atoms with Gasteiger partial charge in [0, 0.05) is 31.4 Å². The van der Waals surface area contributed by atoms with Crippen molar-refractivity contribution < 1.29 is 9.53 Å². The number of carbonyl (C=O) groups is 1. The number of nitrogens with one attached hydrogen (secondary N) is 1. The van der Waals surface area contributed by atoms with Crippen LogP contribution in [0.2, 0.25) is 0 Å². The van der Waals surface area contributed by atoms with Crippen LogP contribution in [0.3, 0.4) is 0 Å². The first-order valence-corrected chi connectivity index (χ1v) is 9.63. The molecule has 0 bridgehead atoms. The quantitative estimate of drug-likeness (QED) is 0.659. The highest BCUT2D eigenvalue weighted by atomic mass is 32.2. The first-order valence-electron chi connectivity index (χ1n) is 8.64. The third kappa shape index (κ3) is 3.95. The zero-order chi connectivity index (χ0) is 18.6. The number of para-hydroxylation sites is 1. The van der Waals surface area contributed by atoms with E-state index in [9.17, 15) is 4.79 Å². The fourth-order valence-corrected chi connectivity index (χ4v) is 3.70. The Balaban J connectivity index is 1.27. The summed E-state index contributed by atoms with van der Waals surface area (Å²) in [6.07, 6.45) is 4.27. The van der Waals surface area contributed by atoms with Gasteiger partial charge in [0.2, 0.25) is 5.91 Å². The van der Waals surface area contributed by atoms with Crippen molar-refractivity contribution in [3.63, 3.8) is 0 Å². The lowest BCUT2D eigenvalue weighted by molar-refractivity contribution is -0.118. The van der Waals surface area contributed by atoms with Crippen LogP contribution in [0.15, 0.2) is 53.9 Å². The molecule has 1 aliphatic heterocycles.